The third-order valence-corrected chi connectivity index (χ3v) is 7.82. The number of aliphatic hydroxyl groups is 1. The average molecular weight is 346 g/mol. The summed E-state index contributed by atoms with van der Waals surface area (Å²) in [6, 6.07) is 0. The third kappa shape index (κ3) is 1.80. The Kier molecular flexibility index (Phi) is 3.41. The number of ketones is 2. The first-order valence-corrected chi connectivity index (χ1v) is 9.28. The van der Waals surface area contributed by atoms with Gasteiger partial charge in [-0.25, -0.2) is 0 Å². The van der Waals surface area contributed by atoms with Crippen molar-refractivity contribution in [2.75, 3.05) is 13.2 Å². The summed E-state index contributed by atoms with van der Waals surface area (Å²) in [7, 11) is 0. The van der Waals surface area contributed by atoms with Gasteiger partial charge >= 0.3 is 5.97 Å². The van der Waals surface area contributed by atoms with E-state index in [0.717, 1.165) is 6.42 Å². The molecule has 3 aliphatic carbocycles. The monoisotopic (exact) mass is 346 g/mol. The lowest BCUT2D eigenvalue weighted by atomic mass is 9.46. The van der Waals surface area contributed by atoms with E-state index < -0.39 is 22.2 Å². The van der Waals surface area contributed by atoms with Crippen molar-refractivity contribution in [3.8, 4) is 0 Å². The summed E-state index contributed by atoms with van der Waals surface area (Å²) >= 11 is 0. The average Bonchev–Trinajstić information content (AvgIpc) is 2.77. The number of allylic oxidation sites excluding steroid dienone is 2. The Morgan fingerprint density at radius 1 is 1.24 bits per heavy atom. The normalized spacial score (nSPS) is 47.8. The molecule has 4 rings (SSSR count). The van der Waals surface area contributed by atoms with Crippen molar-refractivity contribution in [1.82, 2.24) is 0 Å². The molecule has 2 spiro atoms. The molecule has 1 N–H and O–H groups in total. The van der Waals surface area contributed by atoms with Crippen molar-refractivity contribution in [2.24, 2.45) is 39.9 Å². The maximum atomic E-state index is 13.1. The number of hydrogen-bond donors (Lipinski definition) is 1. The van der Waals surface area contributed by atoms with Crippen molar-refractivity contribution in [1.29, 1.82) is 0 Å². The van der Waals surface area contributed by atoms with Gasteiger partial charge in [-0.1, -0.05) is 26.8 Å². The highest BCUT2D eigenvalue weighted by atomic mass is 16.5. The molecule has 25 heavy (non-hydrogen) atoms. The van der Waals surface area contributed by atoms with E-state index in [9.17, 15) is 19.5 Å². The predicted molar refractivity (Wildman–Crippen MR) is 89.3 cm³/mol. The number of carbonyl (C=O) groups excluding carboxylic acids is 3. The molecule has 2 saturated carbocycles. The third-order valence-electron chi connectivity index (χ3n) is 7.82. The Hall–Kier alpha value is -1.49. The van der Waals surface area contributed by atoms with Gasteiger partial charge in [-0.15, -0.1) is 0 Å². The Morgan fingerprint density at radius 3 is 2.64 bits per heavy atom. The second-order valence-corrected chi connectivity index (χ2v) is 9.09. The van der Waals surface area contributed by atoms with Crippen molar-refractivity contribution < 1.29 is 24.2 Å². The molecule has 6 atom stereocenters. The fraction of sp³-hybridized carbons (Fsp3) is 0.750. The number of hydrogen-bond acceptors (Lipinski definition) is 5. The van der Waals surface area contributed by atoms with E-state index in [-0.39, 0.29) is 48.5 Å². The first-order valence-electron chi connectivity index (χ1n) is 9.28. The van der Waals surface area contributed by atoms with Crippen molar-refractivity contribution in [2.45, 2.75) is 40.0 Å². The van der Waals surface area contributed by atoms with Gasteiger partial charge in [0.25, 0.3) is 0 Å². The highest BCUT2D eigenvalue weighted by Gasteiger charge is 2.73. The van der Waals surface area contributed by atoms with E-state index in [2.05, 4.69) is 0 Å². The van der Waals surface area contributed by atoms with Crippen LogP contribution in [-0.4, -0.2) is 35.9 Å². The van der Waals surface area contributed by atoms with E-state index in [4.69, 9.17) is 4.74 Å². The van der Waals surface area contributed by atoms with Crippen LogP contribution in [0.4, 0.5) is 0 Å². The molecule has 136 valence electrons. The quantitative estimate of drug-likeness (QED) is 0.579. The summed E-state index contributed by atoms with van der Waals surface area (Å²) in [5.41, 5.74) is -2.59. The van der Waals surface area contributed by atoms with Crippen molar-refractivity contribution in [3.63, 3.8) is 0 Å². The van der Waals surface area contributed by atoms with Crippen LogP contribution in [0.2, 0.25) is 0 Å². The SMILES string of the molecule is C[C@@H]1C(=O)[C@]23C[C@H]1CC[C@H]2[C@]1(COC3=O)C(=O)C=CC(C)(C)[C@H]1CO. The fourth-order valence-corrected chi connectivity index (χ4v) is 6.42. The van der Waals surface area contributed by atoms with Gasteiger partial charge in [0.1, 0.15) is 12.0 Å². The summed E-state index contributed by atoms with van der Waals surface area (Å²) < 4.78 is 5.55. The zero-order valence-electron chi connectivity index (χ0n) is 15.1. The maximum absolute atomic E-state index is 13.1. The number of fused-ring (bicyclic) bond motifs is 2. The summed E-state index contributed by atoms with van der Waals surface area (Å²) in [4.78, 5) is 39.1. The summed E-state index contributed by atoms with van der Waals surface area (Å²) in [6.07, 6.45) is 5.43. The minimum Gasteiger partial charge on any atom is -0.464 e. The summed E-state index contributed by atoms with van der Waals surface area (Å²) in [5.74, 6) is -1.31. The summed E-state index contributed by atoms with van der Waals surface area (Å²) in [6.45, 7) is 5.69. The van der Waals surface area contributed by atoms with Gasteiger partial charge in [0.15, 0.2) is 11.6 Å². The molecule has 0 aromatic heterocycles. The van der Waals surface area contributed by atoms with Gasteiger partial charge in [0, 0.05) is 18.4 Å². The lowest BCUT2D eigenvalue weighted by Gasteiger charge is -2.58. The van der Waals surface area contributed by atoms with E-state index in [0.29, 0.717) is 12.8 Å². The molecule has 5 nitrogen and oxygen atoms in total. The number of ether oxygens (including phenoxy) is 1. The number of Topliss-reactive ketones (excluding diaryl/α,β-unsaturated/α-hetero) is 1. The Balaban J connectivity index is 1.92. The smallest absolute Gasteiger partial charge is 0.320 e. The fourth-order valence-electron chi connectivity index (χ4n) is 6.42. The van der Waals surface area contributed by atoms with Crippen LogP contribution >= 0.6 is 0 Å². The molecular formula is C20H26O5. The van der Waals surface area contributed by atoms with Crippen LogP contribution in [0.3, 0.4) is 0 Å². The Morgan fingerprint density at radius 2 is 1.96 bits per heavy atom. The molecule has 0 unspecified atom stereocenters. The predicted octanol–water partition coefficient (Wildman–Crippen LogP) is 1.92. The first kappa shape index (κ1) is 17.0. The van der Waals surface area contributed by atoms with E-state index in [1.165, 1.54) is 0 Å². The molecule has 0 amide bonds. The van der Waals surface area contributed by atoms with Gasteiger partial charge in [-0.2, -0.15) is 0 Å². The van der Waals surface area contributed by atoms with Gasteiger partial charge in [0.05, 0.1) is 5.41 Å². The summed E-state index contributed by atoms with van der Waals surface area (Å²) in [5, 5.41) is 10.2. The topological polar surface area (TPSA) is 80.7 Å². The van der Waals surface area contributed by atoms with Crippen LogP contribution < -0.4 is 0 Å². The molecule has 2 bridgehead atoms. The van der Waals surface area contributed by atoms with Crippen LogP contribution in [0.15, 0.2) is 12.2 Å². The number of rotatable bonds is 1. The van der Waals surface area contributed by atoms with Gasteiger partial charge in [-0.3, -0.25) is 14.4 Å². The van der Waals surface area contributed by atoms with Crippen LogP contribution in [-0.2, 0) is 19.1 Å². The number of aliphatic hydroxyl groups excluding tert-OH is 1. The first-order chi connectivity index (χ1) is 11.7. The Labute approximate surface area is 147 Å². The lowest BCUT2D eigenvalue weighted by Crippen LogP contribution is -2.66. The van der Waals surface area contributed by atoms with Crippen molar-refractivity contribution >= 4 is 17.5 Å². The minimum atomic E-state index is -1.19. The van der Waals surface area contributed by atoms with Crippen LogP contribution in [0.1, 0.15) is 40.0 Å². The van der Waals surface area contributed by atoms with Gasteiger partial charge in [0.2, 0.25) is 0 Å². The van der Waals surface area contributed by atoms with Crippen LogP contribution in [0, 0.1) is 39.9 Å². The zero-order valence-corrected chi connectivity index (χ0v) is 15.1. The molecule has 1 saturated heterocycles. The molecule has 0 aromatic rings. The van der Waals surface area contributed by atoms with Gasteiger partial charge in [-0.05, 0) is 42.6 Å². The molecule has 1 aliphatic heterocycles. The lowest BCUT2D eigenvalue weighted by molar-refractivity contribution is -0.205. The van der Waals surface area contributed by atoms with Gasteiger partial charge < -0.3 is 9.84 Å². The molecule has 5 heteroatoms. The molecule has 0 aromatic carbocycles. The molecule has 3 fully saturated rings. The highest BCUT2D eigenvalue weighted by Crippen LogP contribution is 2.66. The largest absolute Gasteiger partial charge is 0.464 e. The van der Waals surface area contributed by atoms with E-state index >= 15 is 0 Å². The van der Waals surface area contributed by atoms with Crippen molar-refractivity contribution in [3.05, 3.63) is 12.2 Å². The number of esters is 1. The van der Waals surface area contributed by atoms with E-state index in [1.54, 1.807) is 6.08 Å². The number of carbonyl (C=O) groups is 3. The standard InChI is InChI=1S/C20H26O5/c1-11-12-4-5-13-19(8-12,16(11)23)17(24)25-10-20(13)14(9-21)18(2,3)7-6-15(20)22/h6-7,11-14,21H,4-5,8-10H2,1-3H3/t11-,12+,13+,14+,19-,20-/m0/s1. The maximum Gasteiger partial charge on any atom is 0.320 e. The van der Waals surface area contributed by atoms with Crippen LogP contribution in [0.5, 0.6) is 0 Å². The molecule has 1 heterocycles. The molecule has 0 radical (unpaired) electrons. The van der Waals surface area contributed by atoms with Crippen LogP contribution in [0.25, 0.3) is 0 Å². The second-order valence-electron chi connectivity index (χ2n) is 9.09. The highest BCUT2D eigenvalue weighted by molar-refractivity contribution is 6.09. The second kappa shape index (κ2) is 5.03. The molecular weight excluding hydrogens is 320 g/mol. The molecule has 4 aliphatic rings. The minimum absolute atomic E-state index is 0.0254. The Bertz CT molecular complexity index is 692. The number of cyclic esters (lactones) is 1. The van der Waals surface area contributed by atoms with E-state index in [1.807, 2.05) is 26.8 Å². The zero-order chi connectivity index (χ0) is 18.2.